The molecule has 3 N–H and O–H groups in total. The number of aromatic nitrogens is 3. The van der Waals surface area contributed by atoms with Crippen LogP contribution in [0.1, 0.15) is 37.8 Å². The van der Waals surface area contributed by atoms with Crippen molar-refractivity contribution in [1.29, 1.82) is 0 Å². The highest BCUT2D eigenvalue weighted by Gasteiger charge is 2.36. The van der Waals surface area contributed by atoms with Crippen LogP contribution < -0.4 is 10.6 Å². The predicted octanol–water partition coefficient (Wildman–Crippen LogP) is 6.79. The topological polar surface area (TPSA) is 100 Å². The summed E-state index contributed by atoms with van der Waals surface area (Å²) in [5.74, 6) is -1.06. The Morgan fingerprint density at radius 2 is 1.74 bits per heavy atom. The van der Waals surface area contributed by atoms with Gasteiger partial charge >= 0.3 is 12.3 Å². The largest absolute Gasteiger partial charge is 0.465 e. The number of benzene rings is 2. The van der Waals surface area contributed by atoms with E-state index in [1.54, 1.807) is 12.1 Å². The molecule has 0 aliphatic heterocycles. The van der Waals surface area contributed by atoms with Crippen molar-refractivity contribution < 1.29 is 27.5 Å². The standard InChI is InChI=1S/C26H25F4N5O2S/c1-25(2,3)21(14-6-8-18(9-7-14)26(28,29)30)19(33-24(36)37)13-32-23-35-34-22(38-23)15-4-5-16-12-31-20(27)11-17(16)10-15/h4-12,19,21,33H,13H2,1-3H3,(H,32,35)(H,36,37)/t19?,21-/m0/s1. The van der Waals surface area contributed by atoms with E-state index in [4.69, 9.17) is 0 Å². The monoisotopic (exact) mass is 547 g/mol. The van der Waals surface area contributed by atoms with Crippen LogP contribution >= 0.6 is 11.3 Å². The van der Waals surface area contributed by atoms with Crippen molar-refractivity contribution in [2.45, 2.75) is 38.9 Å². The number of halogens is 4. The van der Waals surface area contributed by atoms with Crippen LogP contribution in [-0.4, -0.2) is 39.0 Å². The molecule has 38 heavy (non-hydrogen) atoms. The zero-order chi connectivity index (χ0) is 27.7. The molecule has 0 aliphatic rings. The number of carboxylic acid groups (broad SMARTS) is 1. The third kappa shape index (κ3) is 6.36. The van der Waals surface area contributed by atoms with E-state index in [9.17, 15) is 27.5 Å². The van der Waals surface area contributed by atoms with Crippen molar-refractivity contribution in [2.75, 3.05) is 11.9 Å². The Morgan fingerprint density at radius 1 is 1.03 bits per heavy atom. The van der Waals surface area contributed by atoms with Gasteiger partial charge in [0.1, 0.15) is 5.01 Å². The lowest BCUT2D eigenvalue weighted by Gasteiger charge is -2.37. The number of nitrogens with zero attached hydrogens (tertiary/aromatic N) is 3. The van der Waals surface area contributed by atoms with Crippen molar-refractivity contribution in [2.24, 2.45) is 5.41 Å². The second-order valence-corrected chi connectivity index (χ2v) is 10.9. The highest BCUT2D eigenvalue weighted by atomic mass is 32.1. The second kappa shape index (κ2) is 10.5. The van der Waals surface area contributed by atoms with Gasteiger partial charge < -0.3 is 15.7 Å². The van der Waals surface area contributed by atoms with E-state index in [-0.39, 0.29) is 6.54 Å². The van der Waals surface area contributed by atoms with Gasteiger partial charge in [-0.1, -0.05) is 56.4 Å². The molecule has 1 unspecified atom stereocenters. The highest BCUT2D eigenvalue weighted by Crippen LogP contribution is 2.39. The molecule has 0 aliphatic carbocycles. The Kier molecular flexibility index (Phi) is 7.54. The van der Waals surface area contributed by atoms with Gasteiger partial charge in [-0.05, 0) is 34.6 Å². The Hall–Kier alpha value is -3.80. The SMILES string of the molecule is CC(C)(C)[C@@H](c1ccc(C(F)(F)F)cc1)C(CNc1nnc(-c2ccc3cnc(F)cc3c2)s1)NC(=O)O. The van der Waals surface area contributed by atoms with Gasteiger partial charge in [-0.15, -0.1) is 10.2 Å². The van der Waals surface area contributed by atoms with Crippen LogP contribution in [0.2, 0.25) is 0 Å². The summed E-state index contributed by atoms with van der Waals surface area (Å²) < 4.78 is 52.8. The minimum atomic E-state index is -4.47. The van der Waals surface area contributed by atoms with Gasteiger partial charge in [0.2, 0.25) is 11.1 Å². The van der Waals surface area contributed by atoms with Gasteiger partial charge in [-0.2, -0.15) is 17.6 Å². The van der Waals surface area contributed by atoms with E-state index in [0.717, 1.165) is 23.1 Å². The van der Waals surface area contributed by atoms with Gasteiger partial charge in [0.25, 0.3) is 0 Å². The molecule has 0 spiro atoms. The quantitative estimate of drug-likeness (QED) is 0.174. The van der Waals surface area contributed by atoms with Gasteiger partial charge in [0, 0.05) is 35.7 Å². The van der Waals surface area contributed by atoms with Crippen LogP contribution in [0.15, 0.2) is 54.7 Å². The number of amides is 1. The normalized spacial score (nSPS) is 13.8. The van der Waals surface area contributed by atoms with Crippen molar-refractivity contribution in [3.05, 3.63) is 71.8 Å². The first-order valence-electron chi connectivity index (χ1n) is 11.6. The third-order valence-electron chi connectivity index (χ3n) is 6.07. The summed E-state index contributed by atoms with van der Waals surface area (Å²) in [5, 5.41) is 25.9. The molecule has 1 amide bonds. The molecule has 2 heterocycles. The Labute approximate surface area is 219 Å². The van der Waals surface area contributed by atoms with Crippen molar-refractivity contribution in [3.8, 4) is 10.6 Å². The van der Waals surface area contributed by atoms with Gasteiger partial charge in [0.05, 0.1) is 11.6 Å². The molecule has 200 valence electrons. The third-order valence-corrected chi connectivity index (χ3v) is 7.00. The maximum Gasteiger partial charge on any atom is 0.416 e. The van der Waals surface area contributed by atoms with Gasteiger partial charge in [-0.3, -0.25) is 0 Å². The van der Waals surface area contributed by atoms with E-state index in [1.807, 2.05) is 26.8 Å². The highest BCUT2D eigenvalue weighted by molar-refractivity contribution is 7.18. The Morgan fingerprint density at radius 3 is 2.37 bits per heavy atom. The number of hydrogen-bond acceptors (Lipinski definition) is 6. The number of pyridine rings is 1. The maximum atomic E-state index is 13.5. The Balaban J connectivity index is 1.57. The first kappa shape index (κ1) is 27.2. The van der Waals surface area contributed by atoms with E-state index < -0.39 is 41.2 Å². The molecule has 0 saturated carbocycles. The fourth-order valence-corrected chi connectivity index (χ4v) is 5.23. The summed E-state index contributed by atoms with van der Waals surface area (Å²) >= 11 is 1.24. The number of alkyl halides is 3. The van der Waals surface area contributed by atoms with Crippen LogP contribution in [0.3, 0.4) is 0 Å². The lowest BCUT2D eigenvalue weighted by atomic mass is 9.72. The van der Waals surface area contributed by atoms with Crippen LogP contribution in [0.4, 0.5) is 27.5 Å². The number of nitrogens with one attached hydrogen (secondary N) is 2. The smallest absolute Gasteiger partial charge is 0.416 e. The molecule has 2 aromatic carbocycles. The second-order valence-electron chi connectivity index (χ2n) is 9.88. The summed E-state index contributed by atoms with van der Waals surface area (Å²) in [4.78, 5) is 15.3. The number of anilines is 1. The fourth-order valence-electron chi connectivity index (χ4n) is 4.48. The zero-order valence-corrected chi connectivity index (χ0v) is 21.5. The Bertz CT molecular complexity index is 1430. The average Bonchev–Trinajstić information content (AvgIpc) is 3.30. The molecular weight excluding hydrogens is 522 g/mol. The maximum absolute atomic E-state index is 13.5. The molecule has 0 radical (unpaired) electrons. The number of carbonyl (C=O) groups is 1. The molecule has 0 fully saturated rings. The average molecular weight is 548 g/mol. The van der Waals surface area contributed by atoms with Crippen molar-refractivity contribution >= 4 is 33.3 Å². The first-order chi connectivity index (χ1) is 17.8. The minimum Gasteiger partial charge on any atom is -0.465 e. The molecule has 0 bridgehead atoms. The molecule has 0 saturated heterocycles. The molecule has 2 atom stereocenters. The summed E-state index contributed by atoms with van der Waals surface area (Å²) in [6.45, 7) is 5.80. The lowest BCUT2D eigenvalue weighted by Crippen LogP contribution is -2.47. The minimum absolute atomic E-state index is 0.110. The molecule has 4 aromatic rings. The van der Waals surface area contributed by atoms with Gasteiger partial charge in [0.15, 0.2) is 0 Å². The molecule has 12 heteroatoms. The molecular formula is C26H25F4N5O2S. The molecule has 2 aromatic heterocycles. The van der Waals surface area contributed by atoms with Gasteiger partial charge in [-0.25, -0.2) is 9.78 Å². The fraction of sp³-hybridized carbons (Fsp3) is 0.308. The number of rotatable bonds is 7. The first-order valence-corrected chi connectivity index (χ1v) is 12.4. The van der Waals surface area contributed by atoms with Crippen molar-refractivity contribution in [1.82, 2.24) is 20.5 Å². The summed E-state index contributed by atoms with van der Waals surface area (Å²) in [6.07, 6.45) is -4.28. The van der Waals surface area contributed by atoms with E-state index >= 15 is 0 Å². The van der Waals surface area contributed by atoms with Crippen LogP contribution in [0.25, 0.3) is 21.3 Å². The van der Waals surface area contributed by atoms with Crippen molar-refractivity contribution in [3.63, 3.8) is 0 Å². The van der Waals surface area contributed by atoms with E-state index in [1.165, 1.54) is 35.7 Å². The predicted molar refractivity (Wildman–Crippen MR) is 138 cm³/mol. The van der Waals surface area contributed by atoms with Crippen LogP contribution in [0.5, 0.6) is 0 Å². The molecule has 4 rings (SSSR count). The zero-order valence-electron chi connectivity index (χ0n) is 20.7. The van der Waals surface area contributed by atoms with Crippen LogP contribution in [0, 0.1) is 11.4 Å². The summed E-state index contributed by atoms with van der Waals surface area (Å²) in [7, 11) is 0. The lowest BCUT2D eigenvalue weighted by molar-refractivity contribution is -0.137. The number of hydrogen-bond donors (Lipinski definition) is 3. The van der Waals surface area contributed by atoms with E-state index in [2.05, 4.69) is 25.8 Å². The van der Waals surface area contributed by atoms with Crippen LogP contribution in [-0.2, 0) is 6.18 Å². The summed E-state index contributed by atoms with van der Waals surface area (Å²) in [5.41, 5.74) is 0.0210. The van der Waals surface area contributed by atoms with E-state index in [0.29, 0.717) is 21.1 Å². The summed E-state index contributed by atoms with van der Waals surface area (Å²) in [6, 6.07) is 10.8. The molecule has 7 nitrogen and oxygen atoms in total. The number of fused-ring (bicyclic) bond motifs is 1.